The summed E-state index contributed by atoms with van der Waals surface area (Å²) in [6, 6.07) is 13.6. The first-order valence-corrected chi connectivity index (χ1v) is 6.38. The van der Waals surface area contributed by atoms with E-state index < -0.39 is 0 Å². The number of carbonyl (C=O) groups excluding carboxylic acids is 1. The third-order valence-electron chi connectivity index (χ3n) is 2.35. The van der Waals surface area contributed by atoms with Gasteiger partial charge >= 0.3 is 0 Å². The molecule has 3 heteroatoms. The minimum atomic E-state index is 0.498. The zero-order chi connectivity index (χ0) is 12.3. The maximum absolute atomic E-state index is 11.0. The quantitative estimate of drug-likeness (QED) is 0.752. The molecule has 0 atom stereocenters. The van der Waals surface area contributed by atoms with Crippen LogP contribution in [-0.4, -0.2) is 6.29 Å². The summed E-state index contributed by atoms with van der Waals surface area (Å²) < 4.78 is 0. The van der Waals surface area contributed by atoms with Gasteiger partial charge in [0.1, 0.15) is 0 Å². The van der Waals surface area contributed by atoms with Crippen molar-refractivity contribution in [3.05, 3.63) is 58.6 Å². The van der Waals surface area contributed by atoms with E-state index in [1.165, 1.54) is 5.56 Å². The molecule has 2 aromatic carbocycles. The Morgan fingerprint density at radius 1 is 1.18 bits per heavy atom. The predicted molar refractivity (Wildman–Crippen MR) is 72.1 cm³/mol. The summed E-state index contributed by atoms with van der Waals surface area (Å²) >= 11 is 7.53. The molecule has 0 aliphatic rings. The topological polar surface area (TPSA) is 17.1 Å². The monoisotopic (exact) mass is 262 g/mol. The maximum atomic E-state index is 11.0. The second-order valence-corrected chi connectivity index (χ2v) is 5.21. The van der Waals surface area contributed by atoms with Crippen molar-refractivity contribution in [3.8, 4) is 0 Å². The molecule has 0 fully saturated rings. The van der Waals surface area contributed by atoms with Gasteiger partial charge in [-0.25, -0.2) is 0 Å². The first kappa shape index (κ1) is 12.2. The van der Waals surface area contributed by atoms with Gasteiger partial charge in [0, 0.05) is 15.4 Å². The molecule has 0 aromatic heterocycles. The molecule has 1 nitrogen and oxygen atoms in total. The molecule has 0 saturated heterocycles. The SMILES string of the molecule is Cc1cccc(Sc2cccc(Cl)c2C=O)c1. The van der Waals surface area contributed by atoms with Gasteiger partial charge in [-0.05, 0) is 31.2 Å². The van der Waals surface area contributed by atoms with Crippen molar-refractivity contribution in [3.63, 3.8) is 0 Å². The molecule has 0 unspecified atom stereocenters. The van der Waals surface area contributed by atoms with E-state index in [1.807, 2.05) is 37.3 Å². The second kappa shape index (κ2) is 5.39. The average Bonchev–Trinajstić information content (AvgIpc) is 2.29. The van der Waals surface area contributed by atoms with E-state index in [0.29, 0.717) is 10.6 Å². The van der Waals surface area contributed by atoms with Gasteiger partial charge < -0.3 is 0 Å². The van der Waals surface area contributed by atoms with Gasteiger partial charge in [0.15, 0.2) is 6.29 Å². The summed E-state index contributed by atoms with van der Waals surface area (Å²) in [7, 11) is 0. The molecule has 2 rings (SSSR count). The fourth-order valence-corrected chi connectivity index (χ4v) is 2.86. The molecule has 2 aromatic rings. The van der Waals surface area contributed by atoms with E-state index >= 15 is 0 Å². The zero-order valence-electron chi connectivity index (χ0n) is 9.31. The predicted octanol–water partition coefficient (Wildman–Crippen LogP) is 4.61. The van der Waals surface area contributed by atoms with Crippen molar-refractivity contribution < 1.29 is 4.79 Å². The first-order valence-electron chi connectivity index (χ1n) is 5.19. The van der Waals surface area contributed by atoms with Crippen molar-refractivity contribution in [1.29, 1.82) is 0 Å². The molecular formula is C14H11ClOS. The molecule has 0 amide bonds. The molecule has 0 N–H and O–H groups in total. The van der Waals surface area contributed by atoms with Crippen LogP contribution < -0.4 is 0 Å². The second-order valence-electron chi connectivity index (χ2n) is 3.69. The van der Waals surface area contributed by atoms with E-state index in [4.69, 9.17) is 11.6 Å². The van der Waals surface area contributed by atoms with E-state index in [0.717, 1.165) is 16.1 Å². The maximum Gasteiger partial charge on any atom is 0.152 e. The number of benzene rings is 2. The highest BCUT2D eigenvalue weighted by atomic mass is 35.5. The Morgan fingerprint density at radius 3 is 2.65 bits per heavy atom. The molecule has 0 spiro atoms. The highest BCUT2D eigenvalue weighted by molar-refractivity contribution is 7.99. The van der Waals surface area contributed by atoms with Crippen LogP contribution in [0.5, 0.6) is 0 Å². The lowest BCUT2D eigenvalue weighted by Crippen LogP contribution is -1.86. The summed E-state index contributed by atoms with van der Waals surface area (Å²) in [6.45, 7) is 2.04. The molecule has 0 aliphatic carbocycles. The molecule has 86 valence electrons. The largest absolute Gasteiger partial charge is 0.298 e. The van der Waals surface area contributed by atoms with E-state index in [-0.39, 0.29) is 0 Å². The Balaban J connectivity index is 2.36. The number of carbonyl (C=O) groups is 1. The molecule has 0 aliphatic heterocycles. The fraction of sp³-hybridized carbons (Fsp3) is 0.0714. The van der Waals surface area contributed by atoms with Gasteiger partial charge in [-0.3, -0.25) is 4.79 Å². The van der Waals surface area contributed by atoms with Crippen molar-refractivity contribution in [1.82, 2.24) is 0 Å². The number of aryl methyl sites for hydroxylation is 1. The van der Waals surface area contributed by atoms with Crippen LogP contribution in [-0.2, 0) is 0 Å². The zero-order valence-corrected chi connectivity index (χ0v) is 10.9. The third-order valence-corrected chi connectivity index (χ3v) is 3.74. The Morgan fingerprint density at radius 2 is 1.94 bits per heavy atom. The minimum Gasteiger partial charge on any atom is -0.298 e. The van der Waals surface area contributed by atoms with E-state index in [2.05, 4.69) is 6.07 Å². The fourth-order valence-electron chi connectivity index (χ4n) is 1.53. The Labute approximate surface area is 110 Å². The van der Waals surface area contributed by atoms with Crippen LogP contribution in [0.1, 0.15) is 15.9 Å². The van der Waals surface area contributed by atoms with E-state index in [1.54, 1.807) is 17.8 Å². The average molecular weight is 263 g/mol. The number of rotatable bonds is 3. The van der Waals surface area contributed by atoms with Crippen molar-refractivity contribution >= 4 is 29.6 Å². The third kappa shape index (κ3) is 2.90. The summed E-state index contributed by atoms with van der Waals surface area (Å²) in [5, 5.41) is 0.498. The highest BCUT2D eigenvalue weighted by Gasteiger charge is 2.07. The highest BCUT2D eigenvalue weighted by Crippen LogP contribution is 2.33. The molecule has 0 bridgehead atoms. The van der Waals surface area contributed by atoms with Gasteiger partial charge in [-0.2, -0.15) is 0 Å². The normalized spacial score (nSPS) is 10.2. The molecule has 0 saturated carbocycles. The van der Waals surface area contributed by atoms with Gasteiger partial charge in [-0.1, -0.05) is 47.1 Å². The van der Waals surface area contributed by atoms with Crippen LogP contribution in [0.3, 0.4) is 0 Å². The smallest absolute Gasteiger partial charge is 0.152 e. The molecule has 0 radical (unpaired) electrons. The summed E-state index contributed by atoms with van der Waals surface area (Å²) in [6.07, 6.45) is 0.806. The number of aldehydes is 1. The van der Waals surface area contributed by atoms with Crippen LogP contribution in [0.4, 0.5) is 0 Å². The lowest BCUT2D eigenvalue weighted by molar-refractivity contribution is 0.112. The molecule has 0 heterocycles. The van der Waals surface area contributed by atoms with E-state index in [9.17, 15) is 4.79 Å². The molecule has 17 heavy (non-hydrogen) atoms. The first-order chi connectivity index (χ1) is 8.20. The summed E-state index contributed by atoms with van der Waals surface area (Å²) in [5.74, 6) is 0. The summed E-state index contributed by atoms with van der Waals surface area (Å²) in [5.41, 5.74) is 1.75. The van der Waals surface area contributed by atoms with Gasteiger partial charge in [-0.15, -0.1) is 0 Å². The van der Waals surface area contributed by atoms with Crippen molar-refractivity contribution in [2.75, 3.05) is 0 Å². The number of hydrogen-bond acceptors (Lipinski definition) is 2. The lowest BCUT2D eigenvalue weighted by Gasteiger charge is -2.06. The van der Waals surface area contributed by atoms with Crippen LogP contribution in [0.25, 0.3) is 0 Å². The van der Waals surface area contributed by atoms with Crippen LogP contribution >= 0.6 is 23.4 Å². The van der Waals surface area contributed by atoms with Crippen LogP contribution in [0.2, 0.25) is 5.02 Å². The Kier molecular flexibility index (Phi) is 3.87. The summed E-state index contributed by atoms with van der Waals surface area (Å²) in [4.78, 5) is 13.0. The standard InChI is InChI=1S/C14H11ClOS/c1-10-4-2-5-11(8-10)17-14-7-3-6-13(15)12(14)9-16/h2-9H,1H3. The Bertz CT molecular complexity index is 552. The van der Waals surface area contributed by atoms with Gasteiger partial charge in [0.25, 0.3) is 0 Å². The molecular weight excluding hydrogens is 252 g/mol. The van der Waals surface area contributed by atoms with Crippen molar-refractivity contribution in [2.45, 2.75) is 16.7 Å². The van der Waals surface area contributed by atoms with Crippen molar-refractivity contribution in [2.24, 2.45) is 0 Å². The van der Waals surface area contributed by atoms with Crippen LogP contribution in [0.15, 0.2) is 52.3 Å². The van der Waals surface area contributed by atoms with Crippen LogP contribution in [0, 0.1) is 6.92 Å². The lowest BCUT2D eigenvalue weighted by atomic mass is 10.2. The minimum absolute atomic E-state index is 0.498. The number of halogens is 1. The van der Waals surface area contributed by atoms with Gasteiger partial charge in [0.05, 0.1) is 5.02 Å². The number of hydrogen-bond donors (Lipinski definition) is 0. The van der Waals surface area contributed by atoms with Gasteiger partial charge in [0.2, 0.25) is 0 Å². The Hall–Kier alpha value is -1.25.